The number of imidazole rings is 1. The number of thioether (sulfide) groups is 1. The number of amides is 1. The third-order valence-electron chi connectivity index (χ3n) is 4.21. The number of aromatic nitrogens is 2. The number of carbonyl (C=O) groups excluding carboxylic acids is 1. The summed E-state index contributed by atoms with van der Waals surface area (Å²) in [6, 6.07) is 12.6. The highest BCUT2D eigenvalue weighted by atomic mass is 32.2. The van der Waals surface area contributed by atoms with Crippen LogP contribution in [-0.4, -0.2) is 27.8 Å². The molecule has 3 aromatic rings. The van der Waals surface area contributed by atoms with Gasteiger partial charge in [-0.05, 0) is 55.2 Å². The third-order valence-corrected chi connectivity index (χ3v) is 5.18. The van der Waals surface area contributed by atoms with Crippen molar-refractivity contribution in [3.05, 3.63) is 77.4 Å². The molecule has 0 saturated heterocycles. The van der Waals surface area contributed by atoms with Gasteiger partial charge in [-0.1, -0.05) is 36.0 Å². The van der Waals surface area contributed by atoms with Crippen molar-refractivity contribution < 1.29 is 9.18 Å². The molecule has 0 spiro atoms. The first-order valence-corrected chi connectivity index (χ1v) is 9.76. The summed E-state index contributed by atoms with van der Waals surface area (Å²) in [5.41, 5.74) is 4.41. The summed E-state index contributed by atoms with van der Waals surface area (Å²) in [7, 11) is 0. The molecule has 0 aliphatic carbocycles. The van der Waals surface area contributed by atoms with Gasteiger partial charge in [0.05, 0.1) is 11.4 Å². The van der Waals surface area contributed by atoms with Gasteiger partial charge in [-0.25, -0.2) is 9.37 Å². The molecule has 0 fully saturated rings. The van der Waals surface area contributed by atoms with E-state index < -0.39 is 0 Å². The van der Waals surface area contributed by atoms with Crippen LogP contribution in [-0.2, 0) is 11.2 Å². The Morgan fingerprint density at radius 3 is 2.74 bits per heavy atom. The maximum atomic E-state index is 12.9. The lowest BCUT2D eigenvalue weighted by Gasteiger charge is -2.11. The molecule has 1 N–H and O–H groups in total. The smallest absolute Gasteiger partial charge is 0.230 e. The molecule has 0 atom stereocenters. The minimum absolute atomic E-state index is 0.0439. The second kappa shape index (κ2) is 8.86. The van der Waals surface area contributed by atoms with Gasteiger partial charge < -0.3 is 5.32 Å². The lowest BCUT2D eigenvalue weighted by atomic mass is 10.1. The highest BCUT2D eigenvalue weighted by Crippen LogP contribution is 2.23. The summed E-state index contributed by atoms with van der Waals surface area (Å²) in [6.45, 7) is 4.64. The summed E-state index contributed by atoms with van der Waals surface area (Å²) < 4.78 is 14.9. The van der Waals surface area contributed by atoms with Crippen LogP contribution >= 0.6 is 11.8 Å². The van der Waals surface area contributed by atoms with E-state index in [9.17, 15) is 9.18 Å². The first kappa shape index (κ1) is 19.2. The largest absolute Gasteiger partial charge is 0.355 e. The third kappa shape index (κ3) is 5.20. The SMILES string of the molecule is Cc1ccc(C)c(-n2ccnc2SCC(=O)NCCc2ccc(F)cc2)c1. The highest BCUT2D eigenvalue weighted by Gasteiger charge is 2.10. The molecule has 0 aliphatic rings. The van der Waals surface area contributed by atoms with E-state index in [2.05, 4.69) is 42.3 Å². The number of aryl methyl sites for hydroxylation is 2. The minimum atomic E-state index is -0.251. The van der Waals surface area contributed by atoms with Crippen molar-refractivity contribution in [2.75, 3.05) is 12.3 Å². The van der Waals surface area contributed by atoms with Crippen molar-refractivity contribution in [3.8, 4) is 5.69 Å². The molecule has 1 heterocycles. The second-order valence-electron chi connectivity index (χ2n) is 6.38. The summed E-state index contributed by atoms with van der Waals surface area (Å²) in [4.78, 5) is 16.5. The van der Waals surface area contributed by atoms with Gasteiger partial charge in [-0.2, -0.15) is 0 Å². The van der Waals surface area contributed by atoms with E-state index in [1.165, 1.54) is 29.5 Å². The van der Waals surface area contributed by atoms with E-state index >= 15 is 0 Å². The Labute approximate surface area is 162 Å². The molecule has 0 saturated carbocycles. The molecule has 0 radical (unpaired) electrons. The summed E-state index contributed by atoms with van der Waals surface area (Å²) >= 11 is 1.41. The van der Waals surface area contributed by atoms with Gasteiger partial charge in [0.25, 0.3) is 0 Å². The van der Waals surface area contributed by atoms with Crippen molar-refractivity contribution in [2.24, 2.45) is 0 Å². The maximum absolute atomic E-state index is 12.9. The fourth-order valence-corrected chi connectivity index (χ4v) is 3.53. The Balaban J connectivity index is 1.53. The van der Waals surface area contributed by atoms with Crippen LogP contribution in [0.4, 0.5) is 4.39 Å². The van der Waals surface area contributed by atoms with Gasteiger partial charge in [0.1, 0.15) is 5.82 Å². The molecule has 6 heteroatoms. The maximum Gasteiger partial charge on any atom is 0.230 e. The van der Waals surface area contributed by atoms with Crippen LogP contribution in [0.25, 0.3) is 5.69 Å². The van der Waals surface area contributed by atoms with E-state index in [-0.39, 0.29) is 11.7 Å². The van der Waals surface area contributed by atoms with Crippen molar-refractivity contribution in [2.45, 2.75) is 25.4 Å². The van der Waals surface area contributed by atoms with Crippen molar-refractivity contribution in [1.82, 2.24) is 14.9 Å². The van der Waals surface area contributed by atoms with Crippen molar-refractivity contribution in [1.29, 1.82) is 0 Å². The molecule has 140 valence electrons. The van der Waals surface area contributed by atoms with Crippen LogP contribution in [0.15, 0.2) is 60.0 Å². The Kier molecular flexibility index (Phi) is 6.29. The Morgan fingerprint density at radius 2 is 1.96 bits per heavy atom. The molecule has 2 aromatic carbocycles. The number of hydrogen-bond donors (Lipinski definition) is 1. The van der Waals surface area contributed by atoms with Crippen LogP contribution in [0.3, 0.4) is 0 Å². The van der Waals surface area contributed by atoms with E-state index in [0.29, 0.717) is 18.7 Å². The minimum Gasteiger partial charge on any atom is -0.355 e. The summed E-state index contributed by atoms with van der Waals surface area (Å²) in [5, 5.41) is 3.69. The zero-order valence-corrected chi connectivity index (χ0v) is 16.2. The fourth-order valence-electron chi connectivity index (χ4n) is 2.74. The van der Waals surface area contributed by atoms with Crippen LogP contribution in [0.5, 0.6) is 0 Å². The number of carbonyl (C=O) groups is 1. The average Bonchev–Trinajstić information content (AvgIpc) is 3.12. The Morgan fingerprint density at radius 1 is 1.19 bits per heavy atom. The average molecular weight is 383 g/mol. The van der Waals surface area contributed by atoms with Crippen LogP contribution in [0, 0.1) is 19.7 Å². The predicted octanol–water partition coefficient (Wildman–Crippen LogP) is 4.08. The Hall–Kier alpha value is -2.60. The van der Waals surface area contributed by atoms with Gasteiger partial charge in [-0.15, -0.1) is 0 Å². The van der Waals surface area contributed by atoms with Gasteiger partial charge in [0.15, 0.2) is 5.16 Å². The van der Waals surface area contributed by atoms with E-state index in [0.717, 1.165) is 22.0 Å². The highest BCUT2D eigenvalue weighted by molar-refractivity contribution is 7.99. The molecule has 0 unspecified atom stereocenters. The molecule has 1 amide bonds. The lowest BCUT2D eigenvalue weighted by Crippen LogP contribution is -2.27. The number of nitrogens with one attached hydrogen (secondary N) is 1. The molecular formula is C21H22FN3OS. The zero-order chi connectivity index (χ0) is 19.2. The van der Waals surface area contributed by atoms with E-state index in [4.69, 9.17) is 0 Å². The molecule has 3 rings (SSSR count). The van der Waals surface area contributed by atoms with Crippen LogP contribution in [0.1, 0.15) is 16.7 Å². The number of hydrogen-bond acceptors (Lipinski definition) is 3. The quantitative estimate of drug-likeness (QED) is 0.626. The molecular weight excluding hydrogens is 361 g/mol. The predicted molar refractivity (Wildman–Crippen MR) is 107 cm³/mol. The van der Waals surface area contributed by atoms with Crippen LogP contribution < -0.4 is 5.32 Å². The number of halogens is 1. The first-order valence-electron chi connectivity index (χ1n) is 8.78. The lowest BCUT2D eigenvalue weighted by molar-refractivity contribution is -0.118. The molecule has 0 bridgehead atoms. The van der Waals surface area contributed by atoms with Gasteiger partial charge in [0.2, 0.25) is 5.91 Å². The molecule has 4 nitrogen and oxygen atoms in total. The topological polar surface area (TPSA) is 46.9 Å². The van der Waals surface area contributed by atoms with E-state index in [1.54, 1.807) is 18.3 Å². The van der Waals surface area contributed by atoms with Crippen molar-refractivity contribution in [3.63, 3.8) is 0 Å². The first-order chi connectivity index (χ1) is 13.0. The monoisotopic (exact) mass is 383 g/mol. The van der Waals surface area contributed by atoms with E-state index in [1.807, 2.05) is 10.8 Å². The summed E-state index contributed by atoms with van der Waals surface area (Å²) in [6.07, 6.45) is 4.33. The fraction of sp³-hybridized carbons (Fsp3) is 0.238. The Bertz CT molecular complexity index is 921. The molecule has 27 heavy (non-hydrogen) atoms. The molecule has 1 aromatic heterocycles. The standard InChI is InChI=1S/C21H22FN3OS/c1-15-3-4-16(2)19(13-15)25-12-11-24-21(25)27-14-20(26)23-10-9-17-5-7-18(22)8-6-17/h3-8,11-13H,9-10,14H2,1-2H3,(H,23,26). The summed E-state index contributed by atoms with van der Waals surface area (Å²) in [5.74, 6) is 0.00170. The van der Waals surface area contributed by atoms with Gasteiger partial charge in [-0.3, -0.25) is 9.36 Å². The van der Waals surface area contributed by atoms with Gasteiger partial charge in [0, 0.05) is 18.9 Å². The zero-order valence-electron chi connectivity index (χ0n) is 15.4. The normalized spacial score (nSPS) is 10.8. The van der Waals surface area contributed by atoms with Gasteiger partial charge >= 0.3 is 0 Å². The van der Waals surface area contributed by atoms with Crippen LogP contribution in [0.2, 0.25) is 0 Å². The molecule has 0 aliphatic heterocycles. The number of benzene rings is 2. The number of rotatable bonds is 7. The second-order valence-corrected chi connectivity index (χ2v) is 7.33. The number of nitrogens with zero attached hydrogens (tertiary/aromatic N) is 2. The van der Waals surface area contributed by atoms with Crippen molar-refractivity contribution >= 4 is 17.7 Å².